The molecule has 0 aliphatic carbocycles. The topological polar surface area (TPSA) is 40.5 Å². The van der Waals surface area contributed by atoms with Crippen molar-refractivity contribution in [3.05, 3.63) is 35.4 Å². The standard InChI is InChI=1S/C17H25NO2/c1-14-4-6-15(7-5-14)16(19)8-12-18-11-3-9-17(2,20)10-13-18/h4-7,20H,3,8-13H2,1-2H3. The maximum absolute atomic E-state index is 12.1. The van der Waals surface area contributed by atoms with Gasteiger partial charge >= 0.3 is 0 Å². The zero-order valence-electron chi connectivity index (χ0n) is 12.6. The maximum atomic E-state index is 12.1. The fraction of sp³-hybridized carbons (Fsp3) is 0.588. The number of aliphatic hydroxyl groups is 1. The van der Waals surface area contributed by atoms with Crippen LogP contribution >= 0.6 is 0 Å². The second-order valence-corrected chi connectivity index (χ2v) is 6.23. The first kappa shape index (κ1) is 15.2. The van der Waals surface area contributed by atoms with Crippen LogP contribution in [0.1, 0.15) is 48.5 Å². The number of nitrogens with zero attached hydrogens (tertiary/aromatic N) is 1. The molecule has 0 radical (unpaired) electrons. The van der Waals surface area contributed by atoms with Gasteiger partial charge in [-0.1, -0.05) is 29.8 Å². The first-order chi connectivity index (χ1) is 9.46. The Balaban J connectivity index is 1.83. The van der Waals surface area contributed by atoms with E-state index < -0.39 is 5.60 Å². The van der Waals surface area contributed by atoms with E-state index in [2.05, 4.69) is 4.90 Å². The van der Waals surface area contributed by atoms with Gasteiger partial charge in [0.1, 0.15) is 0 Å². The Morgan fingerprint density at radius 3 is 2.65 bits per heavy atom. The minimum atomic E-state index is -0.532. The van der Waals surface area contributed by atoms with Gasteiger partial charge in [-0.25, -0.2) is 0 Å². The van der Waals surface area contributed by atoms with Crippen molar-refractivity contribution in [3.63, 3.8) is 0 Å². The van der Waals surface area contributed by atoms with Crippen molar-refractivity contribution in [1.82, 2.24) is 4.90 Å². The molecule has 1 aliphatic heterocycles. The third-order valence-electron chi connectivity index (χ3n) is 4.18. The molecule has 1 aromatic rings. The lowest BCUT2D eigenvalue weighted by molar-refractivity contribution is 0.0447. The molecule has 0 aromatic heterocycles. The van der Waals surface area contributed by atoms with Crippen LogP contribution in [-0.4, -0.2) is 41.0 Å². The van der Waals surface area contributed by atoms with E-state index in [1.807, 2.05) is 38.1 Å². The largest absolute Gasteiger partial charge is 0.390 e. The second-order valence-electron chi connectivity index (χ2n) is 6.23. The second kappa shape index (κ2) is 6.51. The van der Waals surface area contributed by atoms with E-state index in [0.717, 1.165) is 44.5 Å². The average Bonchev–Trinajstić information content (AvgIpc) is 2.58. The summed E-state index contributed by atoms with van der Waals surface area (Å²) in [5.41, 5.74) is 1.45. The average molecular weight is 275 g/mol. The number of hydrogen-bond donors (Lipinski definition) is 1. The minimum absolute atomic E-state index is 0.209. The number of aryl methyl sites for hydroxylation is 1. The molecule has 1 N–H and O–H groups in total. The molecule has 3 nitrogen and oxygen atoms in total. The summed E-state index contributed by atoms with van der Waals surface area (Å²) >= 11 is 0. The molecule has 110 valence electrons. The van der Waals surface area contributed by atoms with Crippen LogP contribution in [0.5, 0.6) is 0 Å². The molecule has 0 bridgehead atoms. The summed E-state index contributed by atoms with van der Waals surface area (Å²) in [6.45, 7) is 6.60. The maximum Gasteiger partial charge on any atom is 0.164 e. The van der Waals surface area contributed by atoms with Crippen LogP contribution in [0.25, 0.3) is 0 Å². The lowest BCUT2D eigenvalue weighted by atomic mass is 9.98. The Kier molecular flexibility index (Phi) is 4.95. The Hall–Kier alpha value is -1.19. The molecule has 0 saturated carbocycles. The Bertz CT molecular complexity index is 451. The SMILES string of the molecule is Cc1ccc(C(=O)CCN2CCCC(C)(O)CC2)cc1. The first-order valence-corrected chi connectivity index (χ1v) is 7.51. The molecule has 1 aromatic carbocycles. The smallest absolute Gasteiger partial charge is 0.164 e. The number of ketones is 1. The van der Waals surface area contributed by atoms with Crippen LogP contribution in [0, 0.1) is 6.92 Å². The highest BCUT2D eigenvalue weighted by atomic mass is 16.3. The van der Waals surface area contributed by atoms with Crippen LogP contribution < -0.4 is 0 Å². The molecule has 1 aliphatic rings. The van der Waals surface area contributed by atoms with Gasteiger partial charge in [0, 0.05) is 25.1 Å². The quantitative estimate of drug-likeness (QED) is 0.859. The highest BCUT2D eigenvalue weighted by Gasteiger charge is 2.24. The molecule has 1 saturated heterocycles. The van der Waals surface area contributed by atoms with Gasteiger partial charge in [-0.15, -0.1) is 0 Å². The van der Waals surface area contributed by atoms with E-state index in [1.54, 1.807) is 0 Å². The molecule has 3 heteroatoms. The van der Waals surface area contributed by atoms with Crippen LogP contribution in [0.4, 0.5) is 0 Å². The summed E-state index contributed by atoms with van der Waals surface area (Å²) in [4.78, 5) is 14.4. The van der Waals surface area contributed by atoms with Gasteiger partial charge in [0.05, 0.1) is 5.60 Å². The number of likely N-dealkylation sites (tertiary alicyclic amines) is 1. The predicted molar refractivity (Wildman–Crippen MR) is 81.0 cm³/mol. The fourth-order valence-electron chi connectivity index (χ4n) is 2.69. The van der Waals surface area contributed by atoms with Crippen molar-refractivity contribution >= 4 is 5.78 Å². The van der Waals surface area contributed by atoms with Crippen LogP contribution in [0.3, 0.4) is 0 Å². The molecule has 1 atom stereocenters. The number of benzene rings is 1. The first-order valence-electron chi connectivity index (χ1n) is 7.51. The summed E-state index contributed by atoms with van der Waals surface area (Å²) < 4.78 is 0. The van der Waals surface area contributed by atoms with Crippen molar-refractivity contribution in [1.29, 1.82) is 0 Å². The lowest BCUT2D eigenvalue weighted by Gasteiger charge is -2.22. The van der Waals surface area contributed by atoms with Gasteiger partial charge in [-0.3, -0.25) is 4.79 Å². The van der Waals surface area contributed by atoms with E-state index in [9.17, 15) is 9.90 Å². The van der Waals surface area contributed by atoms with Gasteiger partial charge in [-0.2, -0.15) is 0 Å². The molecular weight excluding hydrogens is 250 g/mol. The van der Waals surface area contributed by atoms with Gasteiger partial charge in [0.2, 0.25) is 0 Å². The highest BCUT2D eigenvalue weighted by molar-refractivity contribution is 5.96. The number of carbonyl (C=O) groups excluding carboxylic acids is 1. The van der Waals surface area contributed by atoms with Crippen LogP contribution in [0.2, 0.25) is 0 Å². The van der Waals surface area contributed by atoms with Crippen LogP contribution in [0.15, 0.2) is 24.3 Å². The minimum Gasteiger partial charge on any atom is -0.390 e. The van der Waals surface area contributed by atoms with Crippen molar-refractivity contribution in [2.45, 2.75) is 45.1 Å². The fourth-order valence-corrected chi connectivity index (χ4v) is 2.69. The lowest BCUT2D eigenvalue weighted by Crippen LogP contribution is -2.30. The van der Waals surface area contributed by atoms with E-state index in [4.69, 9.17) is 0 Å². The Labute approximate surface area is 121 Å². The van der Waals surface area contributed by atoms with Gasteiger partial charge in [-0.05, 0) is 39.7 Å². The third kappa shape index (κ3) is 4.43. The summed E-state index contributed by atoms with van der Waals surface area (Å²) in [5.74, 6) is 0.209. The molecule has 0 spiro atoms. The Morgan fingerprint density at radius 1 is 1.25 bits per heavy atom. The molecule has 1 heterocycles. The Morgan fingerprint density at radius 2 is 1.95 bits per heavy atom. The van der Waals surface area contributed by atoms with Crippen LogP contribution in [-0.2, 0) is 0 Å². The normalized spacial score (nSPS) is 24.4. The third-order valence-corrected chi connectivity index (χ3v) is 4.18. The molecule has 20 heavy (non-hydrogen) atoms. The molecular formula is C17H25NO2. The number of hydrogen-bond acceptors (Lipinski definition) is 3. The van der Waals surface area contributed by atoms with Gasteiger partial charge in [0.25, 0.3) is 0 Å². The van der Waals surface area contributed by atoms with E-state index in [-0.39, 0.29) is 5.78 Å². The molecule has 0 amide bonds. The van der Waals surface area contributed by atoms with Gasteiger partial charge in [0.15, 0.2) is 5.78 Å². The van der Waals surface area contributed by atoms with Gasteiger partial charge < -0.3 is 10.0 Å². The zero-order valence-corrected chi connectivity index (χ0v) is 12.6. The zero-order chi connectivity index (χ0) is 14.6. The van der Waals surface area contributed by atoms with Crippen molar-refractivity contribution in [3.8, 4) is 0 Å². The summed E-state index contributed by atoms with van der Waals surface area (Å²) in [6.07, 6.45) is 3.22. The number of rotatable bonds is 4. The van der Waals surface area contributed by atoms with Crippen molar-refractivity contribution < 1.29 is 9.90 Å². The molecule has 2 rings (SSSR count). The van der Waals surface area contributed by atoms with Crippen molar-refractivity contribution in [2.24, 2.45) is 0 Å². The van der Waals surface area contributed by atoms with E-state index >= 15 is 0 Å². The summed E-state index contributed by atoms with van der Waals surface area (Å²) in [7, 11) is 0. The van der Waals surface area contributed by atoms with E-state index in [0.29, 0.717) is 6.42 Å². The predicted octanol–water partition coefficient (Wildman–Crippen LogP) is 2.80. The summed E-state index contributed by atoms with van der Waals surface area (Å²) in [6, 6.07) is 7.78. The summed E-state index contributed by atoms with van der Waals surface area (Å²) in [5, 5.41) is 10.1. The highest BCUT2D eigenvalue weighted by Crippen LogP contribution is 2.21. The monoisotopic (exact) mass is 275 g/mol. The van der Waals surface area contributed by atoms with E-state index in [1.165, 1.54) is 5.56 Å². The molecule has 1 fully saturated rings. The number of carbonyl (C=O) groups is 1. The number of Topliss-reactive ketones (excluding diaryl/α,β-unsaturated/α-hetero) is 1. The molecule has 1 unspecified atom stereocenters. The van der Waals surface area contributed by atoms with Crippen molar-refractivity contribution in [2.75, 3.05) is 19.6 Å².